The van der Waals surface area contributed by atoms with E-state index in [-0.39, 0.29) is 268 Å². The topological polar surface area (TPSA) is 676 Å². The number of halogens is 1. The number of nitrogens with two attached hydrogens (primary N) is 2. The Morgan fingerprint density at radius 1 is 0.462 bits per heavy atom. The van der Waals surface area contributed by atoms with E-state index in [0.29, 0.717) is 47.1 Å². The predicted molar refractivity (Wildman–Crippen MR) is 491 cm³/mol. The summed E-state index contributed by atoms with van der Waals surface area (Å²) in [5.74, 6) is 5.14. The Hall–Kier alpha value is -10.0. The van der Waals surface area contributed by atoms with Gasteiger partial charge in [-0.15, -0.1) is 5.06 Å². The number of fused-ring (bicyclic) bond motifs is 4. The first-order valence-corrected chi connectivity index (χ1v) is 46.2. The molecule has 6 radical (unpaired) electrons. The smallest absolute Gasteiger partial charge is 0.341 e. The molecule has 0 bridgehead atoms. The molecule has 0 atom stereocenters. The van der Waals surface area contributed by atoms with Gasteiger partial charge in [-0.2, -0.15) is 16.1 Å². The minimum atomic E-state index is -1.64. The number of hydrogen-bond donors (Lipinski definition) is 4. The zero-order valence-electron chi connectivity index (χ0n) is 78.5. The third kappa shape index (κ3) is 38.1. The van der Waals surface area contributed by atoms with Gasteiger partial charge in [0.15, 0.2) is 29.0 Å². The van der Waals surface area contributed by atoms with Crippen LogP contribution in [-0.2, 0) is 241 Å². The maximum Gasteiger partial charge on any atom is 0.341 e. The predicted octanol–water partition coefficient (Wildman–Crippen LogP) is 14.5. The van der Waals surface area contributed by atoms with Crippen molar-refractivity contribution in [1.29, 1.82) is 0 Å². The van der Waals surface area contributed by atoms with Gasteiger partial charge in [0, 0.05) is 257 Å². The molecule has 0 aliphatic carbocycles. The van der Waals surface area contributed by atoms with Gasteiger partial charge in [-0.1, -0.05) is 88.5 Å². The number of benzene rings is 6. The Bertz CT molecular complexity index is 6300. The number of non-ortho nitro benzene ring substituents is 4. The summed E-state index contributed by atoms with van der Waals surface area (Å²) in [7, 11) is -0.556. The van der Waals surface area contributed by atoms with Crippen LogP contribution in [0.5, 0.6) is 17.2 Å². The van der Waals surface area contributed by atoms with E-state index in [0.717, 1.165) is 66.0 Å². The number of nitrogens with zero attached hydrogens (tertiary/aromatic N) is 16. The SMILES string of the molecule is CC(C)(C)[Si](C)(C)OCc1cc[n+](N)cc1.CC(C)(C)[Si](C)(C)OCc1ccncc1.CCc1ccn2ncc(C(=O)OC)c2c1.COC(=O)c1cnn2ccc(CO)cc12.NOc1ccc([N+](=O)[O-])cc1[N+](=O)[O-].O=C1c2ccccc2C(=O)N1O.O=C1c2ccccc2C(=O)N1Oc1ccc([N+](=O)[O-])cc1[N+](=O)[O-].O=[N+]([O-])c1ccc(Br)c([N+](=O)[O-])c1.O=[N+]([O-])c1ccc([O-])c([N+](=O)[O-])c1.[Y].[Y].[Y].[Y].[Y].[Y]. The largest absolute Gasteiger partial charge is 0.868 e. The Balaban J connectivity index is 0.00000159. The van der Waals surface area contributed by atoms with Crippen LogP contribution in [-0.4, -0.2) is 150 Å². The number of amides is 4. The van der Waals surface area contributed by atoms with Crippen molar-refractivity contribution in [2.24, 2.45) is 5.90 Å². The summed E-state index contributed by atoms with van der Waals surface area (Å²) in [6.07, 6.45) is 14.7. The number of carbonyl (C=O) groups is 6. The molecule has 0 spiro atoms. The third-order valence-corrected chi connectivity index (χ3v) is 29.9. The average Bonchev–Trinajstić information content (AvgIpc) is 1.64. The molecule has 738 valence electrons. The van der Waals surface area contributed by atoms with Crippen molar-refractivity contribution >= 4 is 125 Å². The van der Waals surface area contributed by atoms with Crippen LogP contribution in [0.1, 0.15) is 133 Å². The van der Waals surface area contributed by atoms with E-state index in [1.165, 1.54) is 84.4 Å². The molecule has 6 aromatic heterocycles. The number of nitro groups is 8. The maximum atomic E-state index is 12.2. The first-order valence-electron chi connectivity index (χ1n) is 39.6. The van der Waals surface area contributed by atoms with E-state index in [4.69, 9.17) is 35.7 Å². The fourth-order valence-electron chi connectivity index (χ4n) is 10.6. The molecule has 0 fully saturated rings. The Morgan fingerprint density at radius 2 is 0.804 bits per heavy atom. The number of aliphatic hydroxyl groups excluding tert-OH is 1. The molecule has 6 aromatic carbocycles. The molecule has 8 heterocycles. The van der Waals surface area contributed by atoms with E-state index in [1.54, 1.807) is 51.6 Å². The average molecular weight is 2530 g/mol. The molecule has 14 rings (SSSR count). The van der Waals surface area contributed by atoms with Crippen LogP contribution in [0.2, 0.25) is 36.3 Å². The summed E-state index contributed by atoms with van der Waals surface area (Å²) < 4.78 is 26.5. The number of ether oxygens (including phenoxy) is 2. The van der Waals surface area contributed by atoms with E-state index in [1.807, 2.05) is 67.4 Å². The summed E-state index contributed by atoms with van der Waals surface area (Å²) in [4.78, 5) is 160. The number of hydrogen-bond acceptors (Lipinski definition) is 36. The molecular formula is C85H89BrN18O31Si2Y6. The molecule has 0 unspecified atom stereocenters. The van der Waals surface area contributed by atoms with Crippen molar-refractivity contribution < 1.29 is 313 Å². The zero-order chi connectivity index (χ0) is 102. The molecule has 143 heavy (non-hydrogen) atoms. The maximum absolute atomic E-state index is 12.2. The second kappa shape index (κ2) is 61.4. The van der Waals surface area contributed by atoms with Crippen LogP contribution in [0.3, 0.4) is 0 Å². The summed E-state index contributed by atoms with van der Waals surface area (Å²) in [5, 5.41) is 121. The molecule has 2 aliphatic heterocycles. The molecular weight excluding hydrogens is 2440 g/mol. The minimum Gasteiger partial charge on any atom is -0.868 e. The number of hydroxylamine groups is 4. The fourth-order valence-corrected chi connectivity index (χ4v) is 13.0. The van der Waals surface area contributed by atoms with Crippen LogP contribution in [0.25, 0.3) is 11.0 Å². The zero-order valence-corrected chi connectivity index (χ0v) is 99.1. The van der Waals surface area contributed by atoms with Crippen LogP contribution in [0.15, 0.2) is 224 Å². The first-order chi connectivity index (χ1) is 64.3. The van der Waals surface area contributed by atoms with Gasteiger partial charge in [-0.25, -0.2) is 24.5 Å². The molecule has 49 nitrogen and oxygen atoms in total. The van der Waals surface area contributed by atoms with E-state index < -0.39 is 131 Å². The van der Waals surface area contributed by atoms with Gasteiger partial charge in [-0.05, 0) is 165 Å². The number of esters is 2. The number of aliphatic hydroxyl groups is 1. The van der Waals surface area contributed by atoms with Gasteiger partial charge in [0.2, 0.25) is 11.5 Å². The Morgan fingerprint density at radius 3 is 1.17 bits per heavy atom. The molecule has 0 saturated heterocycles. The summed E-state index contributed by atoms with van der Waals surface area (Å²) in [6.45, 7) is 26.0. The van der Waals surface area contributed by atoms with Gasteiger partial charge >= 0.3 is 23.3 Å². The molecule has 12 aromatic rings. The number of carbonyl (C=O) groups excluding carboxylic acids is 6. The number of rotatable bonds is 21. The Kier molecular flexibility index (Phi) is 57.1. The number of aryl methyl sites for hydroxylation is 1. The molecule has 0 saturated carbocycles. The van der Waals surface area contributed by atoms with Crippen molar-refractivity contribution in [3.05, 3.63) is 360 Å². The van der Waals surface area contributed by atoms with Crippen molar-refractivity contribution in [3.63, 3.8) is 0 Å². The number of aromatic nitrogens is 6. The molecule has 6 N–H and O–H groups in total. The quantitative estimate of drug-likeness (QED) is 0.00758. The molecule has 2 aliphatic rings. The van der Waals surface area contributed by atoms with Crippen molar-refractivity contribution in [2.45, 2.75) is 111 Å². The van der Waals surface area contributed by atoms with Crippen LogP contribution < -0.4 is 31.2 Å². The number of pyridine rings is 4. The van der Waals surface area contributed by atoms with Crippen molar-refractivity contribution in [1.82, 2.24) is 34.3 Å². The van der Waals surface area contributed by atoms with E-state index in [2.05, 4.69) is 120 Å². The second-order valence-electron chi connectivity index (χ2n) is 31.2. The Labute approximate surface area is 974 Å². The van der Waals surface area contributed by atoms with E-state index >= 15 is 0 Å². The fraction of sp³-hybridized carbons (Fsp3) is 0.224. The third-order valence-electron chi connectivity index (χ3n) is 20.3. The summed E-state index contributed by atoms with van der Waals surface area (Å²) in [6, 6.07) is 38.9. The minimum absolute atomic E-state index is 0. The van der Waals surface area contributed by atoms with Gasteiger partial charge < -0.3 is 38.2 Å². The van der Waals surface area contributed by atoms with Gasteiger partial charge in [0.1, 0.15) is 11.1 Å². The van der Waals surface area contributed by atoms with Crippen molar-refractivity contribution in [2.75, 3.05) is 20.1 Å². The van der Waals surface area contributed by atoms with Gasteiger partial charge in [0.25, 0.3) is 57.8 Å². The number of methoxy groups -OCH3 is 2. The number of nitro benzene ring substituents is 8. The van der Waals surface area contributed by atoms with Gasteiger partial charge in [0.05, 0.1) is 148 Å². The number of nitrogen functional groups attached to an aromatic ring is 1. The summed E-state index contributed by atoms with van der Waals surface area (Å²) in [5.41, 5.74) is 3.29. The monoisotopic (exact) mass is 2530 g/mol. The molecule has 4 amide bonds. The molecule has 58 heteroatoms. The normalized spacial score (nSPS) is 11.1. The van der Waals surface area contributed by atoms with E-state index in [9.17, 15) is 115 Å². The van der Waals surface area contributed by atoms with Crippen LogP contribution >= 0.6 is 15.9 Å². The summed E-state index contributed by atoms with van der Waals surface area (Å²) >= 11 is 2.92. The standard InChI is InChI=1S/C14H7N3O7.C12H23N2OSi.C12H21NOSi.C11H12N2O2.C10H10N2O3.C8H5NO3.C6H3BrN2O4.C6H5N3O5.C6H4N2O5.6Y/c18-13-9-3-1-2-4-10(9)14(19)15(13)24-12-6-5-8(16(20)21)7-11(12)17(22)23;1-12(2,3)16(4,5)15-10-11-6-8-14(13)9-7-11;1-12(2,3)15(4,5)14-10-11-6-8-13-9-7-11;1-3-8-4-5-13-10(6-8)9(7-12-13)11(14)15-2;1-15-10(14)8-5-11-12-3-2-7(6-13)4-9(8)12;10-7-5-3-1-2-4-6(5)8(11)9(7)12;7-5-2-1-4(8(10)11)3-6(5)9(12)13;7-14-6-2-1-4(8(10)11)3-5(6)9(12)13;9-6-2-1-4(7(10)11)3-5(6)8(12)13;;;;;;/h1-7H;6-9H,10,13H2,1-5H3;6-9H,10H2,1-5H3;4-7H,3H2,1-2H3;2-5,13H,6H2,1H3;1-4,12H;1-3H;1-3H,7H2;1-3,9H;;;;;;/q;+1;;;;;;;;;;;;;/p-1. The van der Waals surface area contributed by atoms with Crippen LogP contribution in [0.4, 0.5) is 45.5 Å². The van der Waals surface area contributed by atoms with Crippen LogP contribution in [0, 0.1) is 80.9 Å². The van der Waals surface area contributed by atoms with Crippen molar-refractivity contribution in [3.8, 4) is 17.2 Å². The van der Waals surface area contributed by atoms with Gasteiger partial charge in [-0.3, -0.25) is 110 Å². The number of imide groups is 2. The second-order valence-corrected chi connectivity index (χ2v) is 41.7. The first kappa shape index (κ1) is 133.